The fraction of sp³-hybridized carbons (Fsp3) is 0.350. The number of rotatable bonds is 3. The molecule has 1 fully saturated rings. The van der Waals surface area contributed by atoms with Gasteiger partial charge in [0.05, 0.1) is 0 Å². The number of halogens is 1. The van der Waals surface area contributed by atoms with Crippen molar-refractivity contribution >= 4 is 23.3 Å². The average molecular weight is 358 g/mol. The number of piperazine rings is 1. The van der Waals surface area contributed by atoms with Crippen LogP contribution in [0.4, 0.5) is 10.5 Å². The molecule has 4 nitrogen and oxygen atoms in total. The summed E-state index contributed by atoms with van der Waals surface area (Å²) in [5.41, 5.74) is 4.30. The lowest BCUT2D eigenvalue weighted by Crippen LogP contribution is -2.49. The molecule has 1 aliphatic heterocycles. The van der Waals surface area contributed by atoms with Gasteiger partial charge in [0.25, 0.3) is 0 Å². The lowest BCUT2D eigenvalue weighted by atomic mass is 10.1. The molecule has 0 radical (unpaired) electrons. The Kier molecular flexibility index (Phi) is 5.61. The maximum atomic E-state index is 12.5. The first-order valence-electron chi connectivity index (χ1n) is 8.61. The Morgan fingerprint density at radius 3 is 2.32 bits per heavy atom. The van der Waals surface area contributed by atoms with E-state index < -0.39 is 0 Å². The molecule has 2 amide bonds. The van der Waals surface area contributed by atoms with Gasteiger partial charge in [-0.1, -0.05) is 35.9 Å². The van der Waals surface area contributed by atoms with Crippen molar-refractivity contribution in [2.24, 2.45) is 0 Å². The summed E-state index contributed by atoms with van der Waals surface area (Å²) in [7, 11) is 0. The smallest absolute Gasteiger partial charge is 0.321 e. The van der Waals surface area contributed by atoms with E-state index in [0.717, 1.165) is 60.1 Å². The van der Waals surface area contributed by atoms with Gasteiger partial charge in [-0.05, 0) is 48.7 Å². The summed E-state index contributed by atoms with van der Waals surface area (Å²) in [4.78, 5) is 16.7. The van der Waals surface area contributed by atoms with E-state index in [1.165, 1.54) is 0 Å². The van der Waals surface area contributed by atoms with Crippen LogP contribution in [-0.2, 0) is 6.54 Å². The number of carbonyl (C=O) groups is 1. The van der Waals surface area contributed by atoms with Gasteiger partial charge in [-0.15, -0.1) is 0 Å². The van der Waals surface area contributed by atoms with E-state index >= 15 is 0 Å². The van der Waals surface area contributed by atoms with Crippen LogP contribution in [0.5, 0.6) is 0 Å². The zero-order valence-corrected chi connectivity index (χ0v) is 15.5. The lowest BCUT2D eigenvalue weighted by molar-refractivity contribution is 0.143. The molecule has 1 N–H and O–H groups in total. The van der Waals surface area contributed by atoms with Crippen LogP contribution in [-0.4, -0.2) is 42.0 Å². The summed E-state index contributed by atoms with van der Waals surface area (Å²) in [5.74, 6) is 0. The molecule has 0 aromatic heterocycles. The summed E-state index contributed by atoms with van der Waals surface area (Å²) < 4.78 is 0. The molecule has 1 aliphatic rings. The van der Waals surface area contributed by atoms with Crippen LogP contribution in [0.25, 0.3) is 0 Å². The molecular weight excluding hydrogens is 334 g/mol. The largest absolute Gasteiger partial charge is 0.322 e. The van der Waals surface area contributed by atoms with Crippen LogP contribution in [0.15, 0.2) is 42.5 Å². The van der Waals surface area contributed by atoms with Crippen LogP contribution in [0, 0.1) is 13.8 Å². The van der Waals surface area contributed by atoms with Gasteiger partial charge in [0.1, 0.15) is 0 Å². The Bertz CT molecular complexity index is 734. The summed E-state index contributed by atoms with van der Waals surface area (Å²) in [6, 6.07) is 14.0. The Labute approximate surface area is 154 Å². The molecule has 0 aliphatic carbocycles. The monoisotopic (exact) mass is 357 g/mol. The van der Waals surface area contributed by atoms with Gasteiger partial charge in [-0.2, -0.15) is 0 Å². The van der Waals surface area contributed by atoms with Crippen molar-refractivity contribution in [3.05, 3.63) is 64.2 Å². The first-order chi connectivity index (χ1) is 12.0. The minimum absolute atomic E-state index is 0.0256. The minimum atomic E-state index is -0.0256. The molecule has 5 heteroatoms. The summed E-state index contributed by atoms with van der Waals surface area (Å²) >= 11 is 6.24. The van der Waals surface area contributed by atoms with E-state index in [1.54, 1.807) is 0 Å². The van der Waals surface area contributed by atoms with Crippen molar-refractivity contribution in [2.45, 2.75) is 20.4 Å². The number of hydrogen-bond acceptors (Lipinski definition) is 2. The molecule has 1 heterocycles. The summed E-state index contributed by atoms with van der Waals surface area (Å²) in [6.07, 6.45) is 0. The number of anilines is 1. The van der Waals surface area contributed by atoms with Gasteiger partial charge < -0.3 is 10.2 Å². The molecule has 3 rings (SSSR count). The van der Waals surface area contributed by atoms with E-state index in [1.807, 2.05) is 49.1 Å². The number of nitrogens with one attached hydrogen (secondary N) is 1. The average Bonchev–Trinajstić information content (AvgIpc) is 2.56. The Morgan fingerprint density at radius 1 is 1.04 bits per heavy atom. The first-order valence-corrected chi connectivity index (χ1v) is 8.99. The molecule has 0 atom stereocenters. The topological polar surface area (TPSA) is 35.6 Å². The second-order valence-corrected chi connectivity index (χ2v) is 7.07. The maximum absolute atomic E-state index is 12.5. The van der Waals surface area contributed by atoms with Gasteiger partial charge in [-0.25, -0.2) is 4.79 Å². The second kappa shape index (κ2) is 7.89. The Balaban J connectivity index is 1.53. The normalized spacial score (nSPS) is 15.2. The quantitative estimate of drug-likeness (QED) is 0.888. The highest BCUT2D eigenvalue weighted by Gasteiger charge is 2.21. The van der Waals surface area contributed by atoms with Gasteiger partial charge in [-0.3, -0.25) is 4.90 Å². The molecule has 25 heavy (non-hydrogen) atoms. The molecular formula is C20H24ClN3O. The molecule has 2 aromatic rings. The van der Waals surface area contributed by atoms with Crippen molar-refractivity contribution in [1.29, 1.82) is 0 Å². The van der Waals surface area contributed by atoms with E-state index in [0.29, 0.717) is 0 Å². The van der Waals surface area contributed by atoms with Crippen molar-refractivity contribution in [2.75, 3.05) is 31.5 Å². The van der Waals surface area contributed by atoms with E-state index in [9.17, 15) is 4.79 Å². The van der Waals surface area contributed by atoms with E-state index in [4.69, 9.17) is 11.6 Å². The van der Waals surface area contributed by atoms with Crippen molar-refractivity contribution < 1.29 is 4.79 Å². The predicted octanol–water partition coefficient (Wildman–Crippen LogP) is 4.31. The highest BCUT2D eigenvalue weighted by molar-refractivity contribution is 6.31. The van der Waals surface area contributed by atoms with E-state index in [2.05, 4.69) is 22.3 Å². The van der Waals surface area contributed by atoms with Gasteiger partial charge in [0.15, 0.2) is 0 Å². The second-order valence-electron chi connectivity index (χ2n) is 6.66. The zero-order chi connectivity index (χ0) is 17.8. The standard InChI is InChI=1S/C20H24ClN3O/c1-15-11-16(2)13-18(12-15)22-20(25)24-9-7-23(8-10-24)14-17-5-3-4-6-19(17)21/h3-6,11-13H,7-10,14H2,1-2H3,(H,22,25). The van der Waals surface area contributed by atoms with Crippen LogP contribution in [0.1, 0.15) is 16.7 Å². The fourth-order valence-electron chi connectivity index (χ4n) is 3.23. The Morgan fingerprint density at radius 2 is 1.68 bits per heavy atom. The summed E-state index contributed by atoms with van der Waals surface area (Å²) in [5, 5.41) is 3.82. The third kappa shape index (κ3) is 4.74. The molecule has 132 valence electrons. The van der Waals surface area contributed by atoms with Gasteiger partial charge >= 0.3 is 6.03 Å². The third-order valence-electron chi connectivity index (χ3n) is 4.48. The molecule has 1 saturated heterocycles. The molecule has 0 bridgehead atoms. The van der Waals surface area contributed by atoms with Crippen LogP contribution in [0.2, 0.25) is 5.02 Å². The number of carbonyl (C=O) groups excluding carboxylic acids is 1. The maximum Gasteiger partial charge on any atom is 0.321 e. The summed E-state index contributed by atoms with van der Waals surface area (Å²) in [6.45, 7) is 8.05. The lowest BCUT2D eigenvalue weighted by Gasteiger charge is -2.34. The fourth-order valence-corrected chi connectivity index (χ4v) is 3.42. The molecule has 0 saturated carbocycles. The molecule has 0 spiro atoms. The van der Waals surface area contributed by atoms with Crippen LogP contribution < -0.4 is 5.32 Å². The number of hydrogen-bond donors (Lipinski definition) is 1. The van der Waals surface area contributed by atoms with Gasteiger partial charge in [0.2, 0.25) is 0 Å². The highest BCUT2D eigenvalue weighted by atomic mass is 35.5. The number of benzene rings is 2. The van der Waals surface area contributed by atoms with Crippen molar-refractivity contribution in [1.82, 2.24) is 9.80 Å². The predicted molar refractivity (Wildman–Crippen MR) is 103 cm³/mol. The third-order valence-corrected chi connectivity index (χ3v) is 4.85. The highest BCUT2D eigenvalue weighted by Crippen LogP contribution is 2.18. The van der Waals surface area contributed by atoms with Crippen molar-refractivity contribution in [3.8, 4) is 0 Å². The first kappa shape index (κ1) is 17.8. The number of amides is 2. The molecule has 0 unspecified atom stereocenters. The van der Waals surface area contributed by atoms with Crippen molar-refractivity contribution in [3.63, 3.8) is 0 Å². The number of aryl methyl sites for hydroxylation is 2. The molecule has 2 aromatic carbocycles. The van der Waals surface area contributed by atoms with Crippen LogP contribution >= 0.6 is 11.6 Å². The zero-order valence-electron chi connectivity index (χ0n) is 14.8. The Hall–Kier alpha value is -2.04. The number of urea groups is 1. The van der Waals surface area contributed by atoms with Crippen LogP contribution in [0.3, 0.4) is 0 Å². The SMILES string of the molecule is Cc1cc(C)cc(NC(=O)N2CCN(Cc3ccccc3Cl)CC2)c1. The van der Waals surface area contributed by atoms with Gasteiger partial charge in [0, 0.05) is 43.4 Å². The van der Waals surface area contributed by atoms with E-state index in [-0.39, 0.29) is 6.03 Å². The number of nitrogens with zero attached hydrogens (tertiary/aromatic N) is 2. The minimum Gasteiger partial charge on any atom is -0.322 e.